The highest BCUT2D eigenvalue weighted by Crippen LogP contribution is 2.18. The number of amides is 1. The number of carbonyl (C=O) groups is 1. The van der Waals surface area contributed by atoms with E-state index in [-0.39, 0.29) is 5.91 Å². The minimum absolute atomic E-state index is 0.0396. The van der Waals surface area contributed by atoms with Gasteiger partial charge in [-0.05, 0) is 32.5 Å². The van der Waals surface area contributed by atoms with E-state index in [1.165, 1.54) is 0 Å². The molecule has 1 fully saturated rings. The highest BCUT2D eigenvalue weighted by Gasteiger charge is 2.28. The first-order valence-corrected chi connectivity index (χ1v) is 6.85. The predicted octanol–water partition coefficient (Wildman–Crippen LogP) is 1.24. The molecule has 0 aromatic heterocycles. The Labute approximate surface area is 115 Å². The number of hydrogen-bond acceptors (Lipinski definition) is 3. The largest absolute Gasteiger partial charge is 0.339 e. The van der Waals surface area contributed by atoms with Gasteiger partial charge in [-0.25, -0.2) is 0 Å². The van der Waals surface area contributed by atoms with Crippen LogP contribution in [0.1, 0.15) is 24.4 Å². The molecule has 1 saturated heterocycles. The van der Waals surface area contributed by atoms with Gasteiger partial charge in [-0.15, -0.1) is 0 Å². The number of hydrogen-bond donors (Lipinski definition) is 1. The summed E-state index contributed by atoms with van der Waals surface area (Å²) in [5.74, 6) is 0.0396. The molecule has 1 aliphatic heterocycles. The molecule has 1 aliphatic rings. The zero-order chi connectivity index (χ0) is 13.8. The van der Waals surface area contributed by atoms with Crippen molar-refractivity contribution in [2.24, 2.45) is 5.73 Å². The molecule has 0 spiro atoms. The Bertz CT molecular complexity index is 419. The molecule has 1 aromatic rings. The molecule has 19 heavy (non-hydrogen) atoms. The second-order valence-corrected chi connectivity index (χ2v) is 5.43. The van der Waals surface area contributed by atoms with Crippen molar-refractivity contribution in [2.45, 2.75) is 24.9 Å². The van der Waals surface area contributed by atoms with E-state index in [1.54, 1.807) is 0 Å². The molecular weight excluding hydrogens is 238 g/mol. The van der Waals surface area contributed by atoms with E-state index < -0.39 is 6.04 Å². The van der Waals surface area contributed by atoms with Gasteiger partial charge in [0.05, 0.1) is 0 Å². The Balaban J connectivity index is 2.03. The van der Waals surface area contributed by atoms with Crippen molar-refractivity contribution in [2.75, 3.05) is 27.2 Å². The molecule has 0 aliphatic carbocycles. The average molecular weight is 261 g/mol. The molecule has 0 radical (unpaired) electrons. The van der Waals surface area contributed by atoms with Gasteiger partial charge in [-0.3, -0.25) is 4.79 Å². The fourth-order valence-electron chi connectivity index (χ4n) is 2.58. The van der Waals surface area contributed by atoms with E-state index in [9.17, 15) is 4.79 Å². The molecule has 2 unspecified atom stereocenters. The van der Waals surface area contributed by atoms with E-state index in [4.69, 9.17) is 5.73 Å². The van der Waals surface area contributed by atoms with E-state index in [0.717, 1.165) is 31.5 Å². The van der Waals surface area contributed by atoms with Gasteiger partial charge in [0, 0.05) is 19.1 Å². The summed E-state index contributed by atoms with van der Waals surface area (Å²) in [4.78, 5) is 16.5. The van der Waals surface area contributed by atoms with Crippen LogP contribution in [0, 0.1) is 0 Å². The van der Waals surface area contributed by atoms with Gasteiger partial charge < -0.3 is 15.5 Å². The number of piperidine rings is 1. The summed E-state index contributed by atoms with van der Waals surface area (Å²) in [5.41, 5.74) is 6.97. The Morgan fingerprint density at radius 1 is 1.37 bits per heavy atom. The maximum atomic E-state index is 12.4. The smallest absolute Gasteiger partial charge is 0.244 e. The maximum absolute atomic E-state index is 12.4. The summed E-state index contributed by atoms with van der Waals surface area (Å²) in [6, 6.07) is 9.50. The number of carbonyl (C=O) groups excluding carboxylic acids is 1. The van der Waals surface area contributed by atoms with E-state index in [2.05, 4.69) is 19.0 Å². The third-order valence-electron chi connectivity index (χ3n) is 3.86. The van der Waals surface area contributed by atoms with Crippen LogP contribution in [-0.2, 0) is 4.79 Å². The molecule has 104 valence electrons. The highest BCUT2D eigenvalue weighted by molar-refractivity contribution is 5.83. The van der Waals surface area contributed by atoms with Crippen molar-refractivity contribution >= 4 is 5.91 Å². The molecule has 4 heteroatoms. The minimum atomic E-state index is -0.540. The molecule has 2 rings (SSSR count). The lowest BCUT2D eigenvalue weighted by Crippen LogP contribution is -2.49. The second-order valence-electron chi connectivity index (χ2n) is 5.43. The molecule has 1 aromatic carbocycles. The van der Waals surface area contributed by atoms with Crippen molar-refractivity contribution in [3.63, 3.8) is 0 Å². The highest BCUT2D eigenvalue weighted by atomic mass is 16.2. The van der Waals surface area contributed by atoms with Crippen molar-refractivity contribution in [3.05, 3.63) is 35.9 Å². The summed E-state index contributed by atoms with van der Waals surface area (Å²) in [7, 11) is 4.13. The van der Waals surface area contributed by atoms with Crippen molar-refractivity contribution in [3.8, 4) is 0 Å². The lowest BCUT2D eigenvalue weighted by atomic mass is 10.0. The first-order valence-electron chi connectivity index (χ1n) is 6.85. The van der Waals surface area contributed by atoms with Crippen LogP contribution in [0.3, 0.4) is 0 Å². The Kier molecular flexibility index (Phi) is 4.56. The third-order valence-corrected chi connectivity index (χ3v) is 3.86. The van der Waals surface area contributed by atoms with Gasteiger partial charge in [0.15, 0.2) is 0 Å². The molecule has 1 heterocycles. The van der Waals surface area contributed by atoms with Crippen LogP contribution in [0.4, 0.5) is 0 Å². The fraction of sp³-hybridized carbons (Fsp3) is 0.533. The Morgan fingerprint density at radius 2 is 2.05 bits per heavy atom. The number of nitrogens with two attached hydrogens (primary N) is 1. The number of benzene rings is 1. The van der Waals surface area contributed by atoms with Gasteiger partial charge in [0.1, 0.15) is 6.04 Å². The van der Waals surface area contributed by atoms with Crippen LogP contribution in [0.25, 0.3) is 0 Å². The monoisotopic (exact) mass is 261 g/mol. The van der Waals surface area contributed by atoms with E-state index in [0.29, 0.717) is 6.04 Å². The van der Waals surface area contributed by atoms with Crippen LogP contribution in [0.5, 0.6) is 0 Å². The van der Waals surface area contributed by atoms with Gasteiger partial charge in [0.2, 0.25) is 5.91 Å². The quantitative estimate of drug-likeness (QED) is 0.890. The van der Waals surface area contributed by atoms with E-state index in [1.807, 2.05) is 35.2 Å². The number of likely N-dealkylation sites (tertiary alicyclic amines) is 1. The third kappa shape index (κ3) is 3.33. The van der Waals surface area contributed by atoms with Crippen LogP contribution in [0.2, 0.25) is 0 Å². The van der Waals surface area contributed by atoms with Crippen molar-refractivity contribution in [1.82, 2.24) is 9.80 Å². The number of nitrogens with zero attached hydrogens (tertiary/aromatic N) is 2. The first-order chi connectivity index (χ1) is 9.09. The zero-order valence-electron chi connectivity index (χ0n) is 11.7. The number of likely N-dealkylation sites (N-methyl/N-ethyl adjacent to an activating group) is 1. The van der Waals surface area contributed by atoms with E-state index >= 15 is 0 Å². The molecule has 2 N–H and O–H groups in total. The SMILES string of the molecule is CN(C)C1CCCN(C(=O)C(N)c2ccccc2)C1. The second kappa shape index (κ2) is 6.17. The fourth-order valence-corrected chi connectivity index (χ4v) is 2.58. The lowest BCUT2D eigenvalue weighted by molar-refractivity contribution is -0.134. The van der Waals surface area contributed by atoms with Crippen molar-refractivity contribution in [1.29, 1.82) is 0 Å². The Morgan fingerprint density at radius 3 is 2.68 bits per heavy atom. The molecule has 0 bridgehead atoms. The lowest BCUT2D eigenvalue weighted by Gasteiger charge is -2.37. The summed E-state index contributed by atoms with van der Waals surface area (Å²) >= 11 is 0. The topological polar surface area (TPSA) is 49.6 Å². The van der Waals surface area contributed by atoms with Gasteiger partial charge in [-0.1, -0.05) is 30.3 Å². The van der Waals surface area contributed by atoms with Crippen LogP contribution in [0.15, 0.2) is 30.3 Å². The summed E-state index contributed by atoms with van der Waals surface area (Å²) < 4.78 is 0. The normalized spacial score (nSPS) is 21.5. The van der Waals surface area contributed by atoms with Gasteiger partial charge in [-0.2, -0.15) is 0 Å². The van der Waals surface area contributed by atoms with Gasteiger partial charge >= 0.3 is 0 Å². The van der Waals surface area contributed by atoms with Crippen LogP contribution >= 0.6 is 0 Å². The summed E-state index contributed by atoms with van der Waals surface area (Å²) in [6.07, 6.45) is 2.20. The molecular formula is C15H23N3O. The standard InChI is InChI=1S/C15H23N3O/c1-17(2)13-9-6-10-18(11-13)15(19)14(16)12-7-4-3-5-8-12/h3-5,7-8,13-14H,6,9-11,16H2,1-2H3. The summed E-state index contributed by atoms with van der Waals surface area (Å²) in [5, 5.41) is 0. The van der Waals surface area contributed by atoms with Crippen LogP contribution in [-0.4, -0.2) is 48.9 Å². The molecule has 4 nitrogen and oxygen atoms in total. The number of rotatable bonds is 3. The molecule has 2 atom stereocenters. The minimum Gasteiger partial charge on any atom is -0.339 e. The first kappa shape index (κ1) is 14.0. The summed E-state index contributed by atoms with van der Waals surface area (Å²) in [6.45, 7) is 1.61. The maximum Gasteiger partial charge on any atom is 0.244 e. The van der Waals surface area contributed by atoms with Gasteiger partial charge in [0.25, 0.3) is 0 Å². The van der Waals surface area contributed by atoms with Crippen molar-refractivity contribution < 1.29 is 4.79 Å². The molecule has 1 amide bonds. The zero-order valence-corrected chi connectivity index (χ0v) is 11.7. The predicted molar refractivity (Wildman–Crippen MR) is 76.7 cm³/mol. The molecule has 0 saturated carbocycles. The Hall–Kier alpha value is -1.39. The average Bonchev–Trinajstić information content (AvgIpc) is 2.46. The van der Waals surface area contributed by atoms with Crippen LogP contribution < -0.4 is 5.73 Å².